The van der Waals surface area contributed by atoms with Crippen LogP contribution >= 0.6 is 0 Å². The summed E-state index contributed by atoms with van der Waals surface area (Å²) in [5, 5.41) is 3.05. The van der Waals surface area contributed by atoms with Crippen LogP contribution in [0.5, 0.6) is 0 Å². The van der Waals surface area contributed by atoms with Crippen molar-refractivity contribution in [3.8, 4) is 0 Å². The fourth-order valence-corrected chi connectivity index (χ4v) is 1.76. The van der Waals surface area contributed by atoms with Gasteiger partial charge in [0.1, 0.15) is 5.54 Å². The number of hydrogen-bond donors (Lipinski definition) is 1. The van der Waals surface area contributed by atoms with Gasteiger partial charge in [0.2, 0.25) is 0 Å². The normalized spacial score (nSPS) is 14.9. The molecule has 0 fully saturated rings. The molecule has 1 unspecified atom stereocenters. The topological polar surface area (TPSA) is 47.6 Å². The highest BCUT2D eigenvalue weighted by atomic mass is 19.4. The Hall–Kier alpha value is -0.820. The Bertz CT molecular complexity index is 285. The van der Waals surface area contributed by atoms with Crippen molar-refractivity contribution in [2.75, 3.05) is 26.4 Å². The van der Waals surface area contributed by atoms with Gasteiger partial charge >= 0.3 is 12.1 Å². The summed E-state index contributed by atoms with van der Waals surface area (Å²) < 4.78 is 45.6. The summed E-state index contributed by atoms with van der Waals surface area (Å²) in [6.45, 7) is 6.06. The smallest absolute Gasteiger partial charge is 0.391 e. The Kier molecular flexibility index (Phi) is 8.80. The minimum Gasteiger partial charge on any atom is -0.465 e. The third-order valence-corrected chi connectivity index (χ3v) is 2.79. The third kappa shape index (κ3) is 8.37. The summed E-state index contributed by atoms with van der Waals surface area (Å²) in [6, 6.07) is 0. The zero-order chi connectivity index (χ0) is 15.6. The third-order valence-electron chi connectivity index (χ3n) is 2.79. The quantitative estimate of drug-likeness (QED) is 0.498. The molecule has 20 heavy (non-hydrogen) atoms. The molecule has 0 aliphatic heterocycles. The first-order valence-electron chi connectivity index (χ1n) is 6.82. The molecule has 0 saturated carbocycles. The van der Waals surface area contributed by atoms with Gasteiger partial charge < -0.3 is 14.8 Å². The number of carbonyl (C=O) groups excluding carboxylic acids is 1. The van der Waals surface area contributed by atoms with E-state index in [1.807, 2.05) is 6.92 Å². The Balaban J connectivity index is 4.00. The minimum absolute atomic E-state index is 0.191. The maximum atomic E-state index is 11.9. The van der Waals surface area contributed by atoms with Gasteiger partial charge in [-0.15, -0.1) is 0 Å². The zero-order valence-electron chi connectivity index (χ0n) is 12.3. The van der Waals surface area contributed by atoms with Gasteiger partial charge in [-0.3, -0.25) is 4.79 Å². The van der Waals surface area contributed by atoms with Gasteiger partial charge in [-0.1, -0.05) is 6.92 Å². The Morgan fingerprint density at radius 2 is 1.80 bits per heavy atom. The van der Waals surface area contributed by atoms with Crippen LogP contribution in [0, 0.1) is 0 Å². The summed E-state index contributed by atoms with van der Waals surface area (Å²) in [4.78, 5) is 11.8. The van der Waals surface area contributed by atoms with Crippen LogP contribution in [0.3, 0.4) is 0 Å². The summed E-state index contributed by atoms with van der Waals surface area (Å²) >= 11 is 0. The van der Waals surface area contributed by atoms with Crippen molar-refractivity contribution in [2.24, 2.45) is 0 Å². The average Bonchev–Trinajstić information content (AvgIpc) is 2.33. The van der Waals surface area contributed by atoms with Gasteiger partial charge in [0.25, 0.3) is 0 Å². The molecule has 0 bridgehead atoms. The lowest BCUT2D eigenvalue weighted by molar-refractivity contribution is -0.151. The first-order valence-corrected chi connectivity index (χ1v) is 6.82. The highest BCUT2D eigenvalue weighted by Crippen LogP contribution is 2.19. The molecule has 1 N–H and O–H groups in total. The molecule has 0 aromatic carbocycles. The number of likely N-dealkylation sites (N-methyl/N-ethyl adjacent to an activating group) is 1. The molecule has 0 radical (unpaired) electrons. The largest absolute Gasteiger partial charge is 0.465 e. The van der Waals surface area contributed by atoms with Crippen LogP contribution in [0.4, 0.5) is 13.2 Å². The van der Waals surface area contributed by atoms with E-state index in [1.165, 1.54) is 0 Å². The van der Waals surface area contributed by atoms with Crippen molar-refractivity contribution in [1.82, 2.24) is 5.32 Å². The minimum atomic E-state index is -4.19. The van der Waals surface area contributed by atoms with Gasteiger partial charge in [0.15, 0.2) is 0 Å². The summed E-state index contributed by atoms with van der Waals surface area (Å²) in [6.07, 6.45) is -4.20. The van der Waals surface area contributed by atoms with Gasteiger partial charge in [0.05, 0.1) is 19.6 Å². The van der Waals surface area contributed by atoms with E-state index in [4.69, 9.17) is 9.47 Å². The van der Waals surface area contributed by atoms with Crippen LogP contribution < -0.4 is 5.32 Å². The standard InChI is InChI=1S/C13H24F3NO3/c1-4-17-12(3,11(18)20-5-2)7-6-9-19-10-8-13(14,15)16/h17H,4-10H2,1-3H3. The van der Waals surface area contributed by atoms with Crippen LogP contribution in [-0.4, -0.2) is 44.0 Å². The molecular formula is C13H24F3NO3. The molecule has 0 amide bonds. The monoisotopic (exact) mass is 299 g/mol. The van der Waals surface area contributed by atoms with E-state index in [-0.39, 0.29) is 19.2 Å². The maximum Gasteiger partial charge on any atom is 0.391 e. The lowest BCUT2D eigenvalue weighted by Crippen LogP contribution is -2.50. The molecule has 0 aromatic heterocycles. The molecule has 4 nitrogen and oxygen atoms in total. The number of nitrogens with one attached hydrogen (secondary N) is 1. The van der Waals surface area contributed by atoms with Gasteiger partial charge in [-0.2, -0.15) is 13.2 Å². The second kappa shape index (κ2) is 9.18. The Labute approximate surface area is 118 Å². The fraction of sp³-hybridized carbons (Fsp3) is 0.923. The molecule has 0 aliphatic carbocycles. The Morgan fingerprint density at radius 3 is 2.30 bits per heavy atom. The first-order chi connectivity index (χ1) is 9.25. The van der Waals surface area contributed by atoms with Crippen LogP contribution in [0.15, 0.2) is 0 Å². The molecule has 0 aromatic rings. The average molecular weight is 299 g/mol. The van der Waals surface area contributed by atoms with E-state index in [1.54, 1.807) is 13.8 Å². The molecular weight excluding hydrogens is 275 g/mol. The van der Waals surface area contributed by atoms with E-state index in [2.05, 4.69) is 5.32 Å². The van der Waals surface area contributed by atoms with E-state index in [0.717, 1.165) is 0 Å². The van der Waals surface area contributed by atoms with Crippen molar-refractivity contribution in [1.29, 1.82) is 0 Å². The van der Waals surface area contributed by atoms with E-state index in [9.17, 15) is 18.0 Å². The van der Waals surface area contributed by atoms with Crippen molar-refractivity contribution in [2.45, 2.75) is 51.7 Å². The van der Waals surface area contributed by atoms with Crippen molar-refractivity contribution in [3.63, 3.8) is 0 Å². The molecule has 0 spiro atoms. The highest BCUT2D eigenvalue weighted by Gasteiger charge is 2.33. The lowest BCUT2D eigenvalue weighted by Gasteiger charge is -2.28. The van der Waals surface area contributed by atoms with Crippen LogP contribution in [0.25, 0.3) is 0 Å². The number of hydrogen-bond acceptors (Lipinski definition) is 4. The van der Waals surface area contributed by atoms with Gasteiger partial charge in [-0.25, -0.2) is 0 Å². The second-order valence-corrected chi connectivity index (χ2v) is 4.66. The highest BCUT2D eigenvalue weighted by molar-refractivity contribution is 5.80. The van der Waals surface area contributed by atoms with Crippen LogP contribution in [-0.2, 0) is 14.3 Å². The maximum absolute atomic E-state index is 11.9. The molecule has 0 rings (SSSR count). The van der Waals surface area contributed by atoms with Crippen molar-refractivity contribution < 1.29 is 27.4 Å². The SMILES string of the molecule is CCNC(C)(CCCOCCC(F)(F)F)C(=O)OCC. The summed E-state index contributed by atoms with van der Waals surface area (Å²) in [5.41, 5.74) is -0.821. The van der Waals surface area contributed by atoms with E-state index < -0.39 is 18.1 Å². The number of rotatable bonds is 10. The van der Waals surface area contributed by atoms with Crippen LogP contribution in [0.2, 0.25) is 0 Å². The van der Waals surface area contributed by atoms with Crippen LogP contribution in [0.1, 0.15) is 40.0 Å². The molecule has 7 heteroatoms. The van der Waals surface area contributed by atoms with Gasteiger partial charge in [0, 0.05) is 6.61 Å². The fourth-order valence-electron chi connectivity index (χ4n) is 1.76. The van der Waals surface area contributed by atoms with Gasteiger partial charge in [-0.05, 0) is 33.2 Å². The summed E-state index contributed by atoms with van der Waals surface area (Å²) in [7, 11) is 0. The van der Waals surface area contributed by atoms with Crippen molar-refractivity contribution >= 4 is 5.97 Å². The summed E-state index contributed by atoms with van der Waals surface area (Å²) in [5.74, 6) is -0.350. The molecule has 0 saturated heterocycles. The number of carbonyl (C=O) groups is 1. The predicted molar refractivity (Wildman–Crippen MR) is 69.4 cm³/mol. The molecule has 120 valence electrons. The van der Waals surface area contributed by atoms with E-state index >= 15 is 0 Å². The van der Waals surface area contributed by atoms with Crippen molar-refractivity contribution in [3.05, 3.63) is 0 Å². The van der Waals surface area contributed by atoms with E-state index in [0.29, 0.717) is 26.0 Å². The first kappa shape index (κ1) is 19.2. The number of alkyl halides is 3. The lowest BCUT2D eigenvalue weighted by atomic mass is 9.96. The molecule has 0 heterocycles. The Morgan fingerprint density at radius 1 is 1.15 bits per heavy atom. The predicted octanol–water partition coefficient (Wildman–Crippen LogP) is 2.67. The number of esters is 1. The second-order valence-electron chi connectivity index (χ2n) is 4.66. The zero-order valence-corrected chi connectivity index (χ0v) is 12.3. The number of halogens is 3. The molecule has 0 aliphatic rings. The number of ether oxygens (including phenoxy) is 2. The molecule has 1 atom stereocenters.